The molecule has 2 heterocycles. The van der Waals surface area contributed by atoms with Gasteiger partial charge in [0.1, 0.15) is 5.76 Å². The number of aromatic nitrogens is 2. The largest absolute Gasteiger partial charge is 0.467 e. The molecule has 0 N–H and O–H groups in total. The van der Waals surface area contributed by atoms with Crippen LogP contribution in [0.2, 0.25) is 0 Å². The molecule has 0 saturated heterocycles. The third-order valence-electron chi connectivity index (χ3n) is 6.01. The van der Waals surface area contributed by atoms with E-state index in [2.05, 4.69) is 0 Å². The van der Waals surface area contributed by atoms with Crippen molar-refractivity contribution in [3.05, 3.63) is 41.1 Å². The number of carbonyl (C=O) groups excluding carboxylic acids is 1. The number of rotatable bonds is 6. The Morgan fingerprint density at radius 2 is 2.08 bits per heavy atom. The molecule has 1 fully saturated rings. The minimum Gasteiger partial charge on any atom is -0.467 e. The highest BCUT2D eigenvalue weighted by molar-refractivity contribution is 5.76. The first-order valence-electron chi connectivity index (χ1n) is 10.0. The van der Waals surface area contributed by atoms with Crippen LogP contribution in [0.1, 0.15) is 67.7 Å². The van der Waals surface area contributed by atoms with Gasteiger partial charge in [-0.05, 0) is 55.7 Å². The van der Waals surface area contributed by atoms with Crippen molar-refractivity contribution in [3.63, 3.8) is 0 Å². The van der Waals surface area contributed by atoms with E-state index < -0.39 is 0 Å². The molecule has 0 spiro atoms. The average Bonchev–Trinajstić information content (AvgIpc) is 3.37. The second-order valence-corrected chi connectivity index (χ2v) is 7.89. The fourth-order valence-electron chi connectivity index (χ4n) is 4.60. The number of furan rings is 1. The third kappa shape index (κ3) is 3.71. The molecular weight excluding hydrogens is 326 g/mol. The lowest BCUT2D eigenvalue weighted by molar-refractivity contribution is -0.134. The van der Waals surface area contributed by atoms with E-state index in [4.69, 9.17) is 9.52 Å². The van der Waals surface area contributed by atoms with Crippen LogP contribution in [-0.2, 0) is 37.8 Å². The summed E-state index contributed by atoms with van der Waals surface area (Å²) in [6, 6.07) is 3.83. The van der Waals surface area contributed by atoms with Crippen LogP contribution < -0.4 is 0 Å². The maximum absolute atomic E-state index is 13.1. The molecule has 0 bridgehead atoms. The van der Waals surface area contributed by atoms with Gasteiger partial charge in [0.25, 0.3) is 0 Å². The Morgan fingerprint density at radius 3 is 2.85 bits per heavy atom. The van der Waals surface area contributed by atoms with E-state index in [0.717, 1.165) is 24.3 Å². The SMILES string of the molecule is Cn1nc(CN(Cc2ccco2)C(=O)CC2CCCCC2)c2c1CCC2. The van der Waals surface area contributed by atoms with Crippen molar-refractivity contribution in [2.45, 2.75) is 70.9 Å². The number of nitrogens with zero attached hydrogens (tertiary/aromatic N) is 3. The number of carbonyl (C=O) groups is 1. The molecule has 0 atom stereocenters. The van der Waals surface area contributed by atoms with E-state index in [1.54, 1.807) is 6.26 Å². The van der Waals surface area contributed by atoms with E-state index in [1.165, 1.54) is 49.8 Å². The molecule has 1 amide bonds. The lowest BCUT2D eigenvalue weighted by atomic mass is 9.86. The van der Waals surface area contributed by atoms with Crippen LogP contribution in [-0.4, -0.2) is 20.6 Å². The van der Waals surface area contributed by atoms with Gasteiger partial charge in [0.2, 0.25) is 5.91 Å². The highest BCUT2D eigenvalue weighted by atomic mass is 16.3. The summed E-state index contributed by atoms with van der Waals surface area (Å²) >= 11 is 0. The zero-order valence-electron chi connectivity index (χ0n) is 15.7. The average molecular weight is 355 g/mol. The van der Waals surface area contributed by atoms with Gasteiger partial charge in [-0.2, -0.15) is 5.10 Å². The Bertz CT molecular complexity index is 742. The standard InChI is InChI=1S/C21H29N3O2/c1-23-20-11-5-10-18(20)19(22-23)15-24(14-17-9-6-12-26-17)21(25)13-16-7-3-2-4-8-16/h6,9,12,16H,2-5,7-8,10-11,13-15H2,1H3. The molecule has 0 unspecified atom stereocenters. The number of fused-ring (bicyclic) bond motifs is 1. The third-order valence-corrected chi connectivity index (χ3v) is 6.01. The Balaban J connectivity index is 1.50. The predicted molar refractivity (Wildman–Crippen MR) is 99.4 cm³/mol. The molecule has 0 radical (unpaired) electrons. The second kappa shape index (κ2) is 7.68. The molecule has 26 heavy (non-hydrogen) atoms. The van der Waals surface area contributed by atoms with E-state index in [-0.39, 0.29) is 5.91 Å². The Morgan fingerprint density at radius 1 is 1.23 bits per heavy atom. The summed E-state index contributed by atoms with van der Waals surface area (Å²) in [5, 5.41) is 4.72. The van der Waals surface area contributed by atoms with Gasteiger partial charge >= 0.3 is 0 Å². The molecule has 4 rings (SSSR count). The van der Waals surface area contributed by atoms with Crippen LogP contribution in [0.3, 0.4) is 0 Å². The Hall–Kier alpha value is -2.04. The van der Waals surface area contributed by atoms with Gasteiger partial charge in [0.15, 0.2) is 0 Å². The maximum atomic E-state index is 13.1. The fourth-order valence-corrected chi connectivity index (χ4v) is 4.60. The Kier molecular flexibility index (Phi) is 5.14. The molecule has 140 valence electrons. The zero-order valence-corrected chi connectivity index (χ0v) is 15.7. The molecule has 2 aliphatic carbocycles. The maximum Gasteiger partial charge on any atom is 0.223 e. The van der Waals surface area contributed by atoms with Crippen LogP contribution in [0.15, 0.2) is 22.8 Å². The van der Waals surface area contributed by atoms with Crippen molar-refractivity contribution in [1.82, 2.24) is 14.7 Å². The normalized spacial score (nSPS) is 17.4. The summed E-state index contributed by atoms with van der Waals surface area (Å²) in [5.74, 6) is 1.63. The molecule has 0 aromatic carbocycles. The van der Waals surface area contributed by atoms with Crippen LogP contribution >= 0.6 is 0 Å². The quantitative estimate of drug-likeness (QED) is 0.787. The molecule has 0 aliphatic heterocycles. The van der Waals surface area contributed by atoms with E-state index in [0.29, 0.717) is 25.4 Å². The first kappa shape index (κ1) is 17.4. The van der Waals surface area contributed by atoms with Crippen molar-refractivity contribution in [2.24, 2.45) is 13.0 Å². The van der Waals surface area contributed by atoms with Crippen molar-refractivity contribution in [2.75, 3.05) is 0 Å². The number of aryl methyl sites for hydroxylation is 1. The van der Waals surface area contributed by atoms with Gasteiger partial charge in [0.05, 0.1) is 25.0 Å². The van der Waals surface area contributed by atoms with Gasteiger partial charge < -0.3 is 9.32 Å². The molecule has 2 aromatic rings. The minimum absolute atomic E-state index is 0.241. The van der Waals surface area contributed by atoms with Gasteiger partial charge in [-0.3, -0.25) is 9.48 Å². The smallest absolute Gasteiger partial charge is 0.223 e. The zero-order chi connectivity index (χ0) is 17.9. The number of hydrogen-bond acceptors (Lipinski definition) is 3. The molecule has 2 aromatic heterocycles. The monoisotopic (exact) mass is 355 g/mol. The summed E-state index contributed by atoms with van der Waals surface area (Å²) in [5.41, 5.74) is 3.78. The van der Waals surface area contributed by atoms with Gasteiger partial charge in [-0.25, -0.2) is 0 Å². The van der Waals surface area contributed by atoms with E-state index in [9.17, 15) is 4.79 Å². The molecular formula is C21H29N3O2. The van der Waals surface area contributed by atoms with Crippen LogP contribution in [0.5, 0.6) is 0 Å². The number of hydrogen-bond donors (Lipinski definition) is 0. The summed E-state index contributed by atoms with van der Waals surface area (Å²) < 4.78 is 7.53. The van der Waals surface area contributed by atoms with Gasteiger partial charge in [-0.1, -0.05) is 19.3 Å². The van der Waals surface area contributed by atoms with Crippen molar-refractivity contribution in [1.29, 1.82) is 0 Å². The van der Waals surface area contributed by atoms with Gasteiger partial charge in [-0.15, -0.1) is 0 Å². The minimum atomic E-state index is 0.241. The van der Waals surface area contributed by atoms with Crippen molar-refractivity contribution in [3.8, 4) is 0 Å². The number of amides is 1. The highest BCUT2D eigenvalue weighted by Gasteiger charge is 2.26. The van der Waals surface area contributed by atoms with E-state index >= 15 is 0 Å². The molecule has 5 heteroatoms. The summed E-state index contributed by atoms with van der Waals surface area (Å²) in [6.45, 7) is 1.12. The van der Waals surface area contributed by atoms with Crippen molar-refractivity contribution >= 4 is 5.91 Å². The van der Waals surface area contributed by atoms with Crippen LogP contribution in [0.4, 0.5) is 0 Å². The summed E-state index contributed by atoms with van der Waals surface area (Å²) in [6.07, 6.45) is 12.0. The predicted octanol–water partition coefficient (Wildman–Crippen LogP) is 4.00. The molecule has 1 saturated carbocycles. The first-order valence-corrected chi connectivity index (χ1v) is 10.0. The summed E-state index contributed by atoms with van der Waals surface area (Å²) in [7, 11) is 2.02. The fraction of sp³-hybridized carbons (Fsp3) is 0.619. The summed E-state index contributed by atoms with van der Waals surface area (Å²) in [4.78, 5) is 15.1. The lowest BCUT2D eigenvalue weighted by Crippen LogP contribution is -2.32. The Labute approximate surface area is 155 Å². The first-order chi connectivity index (χ1) is 12.7. The van der Waals surface area contributed by atoms with Gasteiger partial charge in [0, 0.05) is 19.2 Å². The molecule has 2 aliphatic rings. The highest BCUT2D eigenvalue weighted by Crippen LogP contribution is 2.29. The second-order valence-electron chi connectivity index (χ2n) is 7.89. The van der Waals surface area contributed by atoms with Crippen molar-refractivity contribution < 1.29 is 9.21 Å². The van der Waals surface area contributed by atoms with E-state index in [1.807, 2.05) is 28.8 Å². The lowest BCUT2D eigenvalue weighted by Gasteiger charge is -2.26. The molecule has 5 nitrogen and oxygen atoms in total. The van der Waals surface area contributed by atoms with Crippen LogP contribution in [0, 0.1) is 5.92 Å². The van der Waals surface area contributed by atoms with Crippen LogP contribution in [0.25, 0.3) is 0 Å². The topological polar surface area (TPSA) is 51.3 Å².